The largest absolute Gasteiger partial charge is 0.354 e. The van der Waals surface area contributed by atoms with E-state index >= 15 is 0 Å². The average molecular weight is 290 g/mol. The third kappa shape index (κ3) is 4.85. The Morgan fingerprint density at radius 1 is 1.19 bits per heavy atom. The number of carbonyl (C=O) groups is 1. The molecule has 3 heteroatoms. The number of benzene rings is 1. The molecule has 0 spiro atoms. The maximum Gasteiger partial charge on any atom is 0.227 e. The summed E-state index contributed by atoms with van der Waals surface area (Å²) in [6.07, 6.45) is 0. The number of nitrogens with zero attached hydrogens (tertiary/aromatic N) is 1. The highest BCUT2D eigenvalue weighted by molar-refractivity contribution is 5.84. The van der Waals surface area contributed by atoms with Crippen molar-refractivity contribution in [2.24, 2.45) is 5.92 Å². The van der Waals surface area contributed by atoms with Crippen molar-refractivity contribution >= 4 is 5.91 Å². The fourth-order valence-corrected chi connectivity index (χ4v) is 2.18. The molecule has 0 aliphatic carbocycles. The van der Waals surface area contributed by atoms with Gasteiger partial charge in [-0.15, -0.1) is 0 Å². The molecule has 1 aromatic rings. The van der Waals surface area contributed by atoms with Gasteiger partial charge in [-0.05, 0) is 46.3 Å². The summed E-state index contributed by atoms with van der Waals surface area (Å²) >= 11 is 0. The van der Waals surface area contributed by atoms with Crippen molar-refractivity contribution in [2.75, 3.05) is 20.6 Å². The number of hydrogen-bond donors (Lipinski definition) is 1. The number of likely N-dealkylation sites (N-methyl/N-ethyl adjacent to an activating group) is 1. The van der Waals surface area contributed by atoms with E-state index in [0.717, 1.165) is 5.56 Å². The molecule has 0 heterocycles. The van der Waals surface area contributed by atoms with Crippen molar-refractivity contribution in [2.45, 2.75) is 46.1 Å². The topological polar surface area (TPSA) is 32.3 Å². The van der Waals surface area contributed by atoms with Crippen LogP contribution in [0, 0.1) is 12.8 Å². The normalized spacial score (nSPS) is 13.6. The van der Waals surface area contributed by atoms with Crippen molar-refractivity contribution in [3.63, 3.8) is 0 Å². The molecule has 0 aliphatic rings. The standard InChI is InChI=1S/C18H30N2O/c1-13(2)16(15-10-8-14(3)9-11-15)17(21)19-12-18(4,5)20(6)7/h8-11,13,16H,12H2,1-7H3,(H,19,21). The van der Waals surface area contributed by atoms with E-state index in [1.165, 1.54) is 5.56 Å². The van der Waals surface area contributed by atoms with Crippen LogP contribution >= 0.6 is 0 Å². The monoisotopic (exact) mass is 290 g/mol. The second kappa shape index (κ2) is 7.08. The van der Waals surface area contributed by atoms with Crippen LogP contribution in [-0.2, 0) is 4.79 Å². The van der Waals surface area contributed by atoms with Crippen molar-refractivity contribution in [3.05, 3.63) is 35.4 Å². The summed E-state index contributed by atoms with van der Waals surface area (Å²) in [4.78, 5) is 14.7. The minimum absolute atomic E-state index is 0.0511. The Labute approximate surface area is 129 Å². The molecule has 1 amide bonds. The van der Waals surface area contributed by atoms with Crippen LogP contribution in [0.1, 0.15) is 44.7 Å². The first-order valence-electron chi connectivity index (χ1n) is 7.67. The third-order valence-corrected chi connectivity index (χ3v) is 4.29. The van der Waals surface area contributed by atoms with Crippen LogP contribution in [0.25, 0.3) is 0 Å². The minimum atomic E-state index is -0.0939. The Balaban J connectivity index is 2.82. The third-order valence-electron chi connectivity index (χ3n) is 4.29. The number of nitrogens with one attached hydrogen (secondary N) is 1. The summed E-state index contributed by atoms with van der Waals surface area (Å²) in [6, 6.07) is 8.27. The van der Waals surface area contributed by atoms with Crippen LogP contribution in [0.3, 0.4) is 0 Å². The van der Waals surface area contributed by atoms with Crippen molar-refractivity contribution < 1.29 is 4.79 Å². The summed E-state index contributed by atoms with van der Waals surface area (Å²) in [5, 5.41) is 3.12. The van der Waals surface area contributed by atoms with E-state index in [1.807, 2.05) is 14.1 Å². The molecule has 1 aromatic carbocycles. The Hall–Kier alpha value is -1.35. The number of rotatable bonds is 6. The summed E-state index contributed by atoms with van der Waals surface area (Å²) in [6.45, 7) is 11.2. The van der Waals surface area contributed by atoms with Gasteiger partial charge in [0.1, 0.15) is 0 Å². The van der Waals surface area contributed by atoms with Gasteiger partial charge < -0.3 is 10.2 Å². The lowest BCUT2D eigenvalue weighted by atomic mass is 9.87. The second-order valence-electron chi connectivity index (χ2n) is 7.06. The summed E-state index contributed by atoms with van der Waals surface area (Å²) in [5.74, 6) is 0.294. The van der Waals surface area contributed by atoms with Crippen molar-refractivity contribution in [1.82, 2.24) is 10.2 Å². The van der Waals surface area contributed by atoms with Gasteiger partial charge in [0.2, 0.25) is 5.91 Å². The first kappa shape index (κ1) is 17.7. The predicted molar refractivity (Wildman–Crippen MR) is 89.5 cm³/mol. The van der Waals surface area contributed by atoms with Gasteiger partial charge in [-0.2, -0.15) is 0 Å². The van der Waals surface area contributed by atoms with Crippen molar-refractivity contribution in [3.8, 4) is 0 Å². The van der Waals surface area contributed by atoms with Gasteiger partial charge >= 0.3 is 0 Å². The molecule has 0 saturated heterocycles. The van der Waals surface area contributed by atoms with Crippen LogP contribution in [0.15, 0.2) is 24.3 Å². The molecule has 3 nitrogen and oxygen atoms in total. The highest BCUT2D eigenvalue weighted by Crippen LogP contribution is 2.25. The Bertz CT molecular complexity index is 461. The van der Waals surface area contributed by atoms with E-state index < -0.39 is 0 Å². The number of hydrogen-bond acceptors (Lipinski definition) is 2. The zero-order valence-corrected chi connectivity index (χ0v) is 14.5. The lowest BCUT2D eigenvalue weighted by Gasteiger charge is -2.33. The molecule has 0 fully saturated rings. The molecule has 1 atom stereocenters. The highest BCUT2D eigenvalue weighted by Gasteiger charge is 2.27. The zero-order chi connectivity index (χ0) is 16.2. The molecule has 0 radical (unpaired) electrons. The quantitative estimate of drug-likeness (QED) is 0.872. The molecule has 0 aromatic heterocycles. The molecule has 0 bridgehead atoms. The Kier molecular flexibility index (Phi) is 5.97. The van der Waals surface area contributed by atoms with Gasteiger partial charge in [0, 0.05) is 12.1 Å². The number of aryl methyl sites for hydroxylation is 1. The van der Waals surface area contributed by atoms with Gasteiger partial charge in [0.25, 0.3) is 0 Å². The lowest BCUT2D eigenvalue weighted by Crippen LogP contribution is -2.49. The lowest BCUT2D eigenvalue weighted by molar-refractivity contribution is -0.124. The predicted octanol–water partition coefficient (Wildman–Crippen LogP) is 3.19. The summed E-state index contributed by atoms with van der Waals surface area (Å²) in [7, 11) is 4.07. The van der Waals surface area contributed by atoms with Crippen LogP contribution in [0.5, 0.6) is 0 Å². The van der Waals surface area contributed by atoms with Crippen molar-refractivity contribution in [1.29, 1.82) is 0 Å². The Morgan fingerprint density at radius 3 is 2.14 bits per heavy atom. The van der Waals surface area contributed by atoms with Gasteiger partial charge in [-0.25, -0.2) is 0 Å². The zero-order valence-electron chi connectivity index (χ0n) is 14.5. The highest BCUT2D eigenvalue weighted by atomic mass is 16.1. The van der Waals surface area contributed by atoms with Crippen LogP contribution < -0.4 is 5.32 Å². The molecule has 1 unspecified atom stereocenters. The first-order valence-corrected chi connectivity index (χ1v) is 7.67. The van der Waals surface area contributed by atoms with Crippen LogP contribution in [0.2, 0.25) is 0 Å². The first-order chi connectivity index (χ1) is 9.65. The van der Waals surface area contributed by atoms with E-state index in [9.17, 15) is 4.79 Å². The number of amides is 1. The SMILES string of the molecule is Cc1ccc(C(C(=O)NCC(C)(C)N(C)C)C(C)C)cc1. The molecule has 0 saturated carbocycles. The van der Waals surface area contributed by atoms with E-state index in [-0.39, 0.29) is 23.3 Å². The van der Waals surface area contributed by atoms with Gasteiger partial charge in [-0.3, -0.25) is 4.79 Å². The molecule has 1 rings (SSSR count). The molecule has 0 aliphatic heterocycles. The fourth-order valence-electron chi connectivity index (χ4n) is 2.18. The Morgan fingerprint density at radius 2 is 1.71 bits per heavy atom. The summed E-state index contributed by atoms with van der Waals surface area (Å²) < 4.78 is 0. The van der Waals surface area contributed by atoms with Crippen LogP contribution in [0.4, 0.5) is 0 Å². The smallest absolute Gasteiger partial charge is 0.227 e. The van der Waals surface area contributed by atoms with E-state index in [1.54, 1.807) is 0 Å². The van der Waals surface area contributed by atoms with Gasteiger partial charge in [-0.1, -0.05) is 43.7 Å². The molecule has 118 valence electrons. The second-order valence-corrected chi connectivity index (χ2v) is 7.06. The molecule has 1 N–H and O–H groups in total. The maximum atomic E-state index is 12.6. The molecular formula is C18H30N2O. The van der Waals surface area contributed by atoms with E-state index in [4.69, 9.17) is 0 Å². The summed E-state index contributed by atoms with van der Waals surface area (Å²) in [5.41, 5.74) is 2.26. The fraction of sp³-hybridized carbons (Fsp3) is 0.611. The number of carbonyl (C=O) groups excluding carboxylic acids is 1. The van der Waals surface area contributed by atoms with Crippen LogP contribution in [-0.4, -0.2) is 37.0 Å². The molecule has 21 heavy (non-hydrogen) atoms. The van der Waals surface area contributed by atoms with Gasteiger partial charge in [0.15, 0.2) is 0 Å². The molecular weight excluding hydrogens is 260 g/mol. The van der Waals surface area contributed by atoms with E-state index in [0.29, 0.717) is 6.54 Å². The van der Waals surface area contributed by atoms with Gasteiger partial charge in [0.05, 0.1) is 5.92 Å². The average Bonchev–Trinajstić information content (AvgIpc) is 2.38. The maximum absolute atomic E-state index is 12.6. The van der Waals surface area contributed by atoms with E-state index in [2.05, 4.69) is 69.1 Å². The minimum Gasteiger partial charge on any atom is -0.354 e.